The first kappa shape index (κ1) is 17.1. The highest BCUT2D eigenvalue weighted by Crippen LogP contribution is 2.21. The number of rotatable bonds is 1. The van der Waals surface area contributed by atoms with Crippen molar-refractivity contribution in [3.8, 4) is 0 Å². The topological polar surface area (TPSA) is 59.1 Å². The van der Waals surface area contributed by atoms with Gasteiger partial charge in [0.15, 0.2) is 0 Å². The number of amides is 2. The molecule has 22 heavy (non-hydrogen) atoms. The molecule has 0 radical (unpaired) electrons. The number of hydrogen-bond donors (Lipinski definition) is 0. The molecule has 126 valence electrons. The minimum atomic E-state index is -0.493. The first-order valence-corrected chi connectivity index (χ1v) is 8.18. The Kier molecular flexibility index (Phi) is 5.32. The normalized spacial score (nSPS) is 26.7. The van der Waals surface area contributed by atoms with E-state index >= 15 is 0 Å². The quantitative estimate of drug-likeness (QED) is 0.743. The summed E-state index contributed by atoms with van der Waals surface area (Å²) < 4.78 is 11.1. The zero-order valence-corrected chi connectivity index (χ0v) is 14.1. The number of carbonyl (C=O) groups excluding carboxylic acids is 2. The van der Waals surface area contributed by atoms with E-state index in [1.165, 1.54) is 0 Å². The molecular formula is C16H28N2O4. The van der Waals surface area contributed by atoms with Gasteiger partial charge in [-0.3, -0.25) is 4.79 Å². The molecule has 0 spiro atoms. The molecule has 2 aliphatic heterocycles. The molecule has 0 aliphatic carbocycles. The molecule has 0 aromatic rings. The summed E-state index contributed by atoms with van der Waals surface area (Å²) in [6.07, 6.45) is 2.07. The lowest BCUT2D eigenvalue weighted by atomic mass is 10.2. The van der Waals surface area contributed by atoms with Crippen LogP contribution in [-0.4, -0.2) is 65.8 Å². The standard InChI is InChI=1S/C16H28N2O4/c1-12-6-7-13(21-12)14(19)17-8-5-9-18(11-10-17)15(20)22-16(2,3)4/h12-13H,5-11H2,1-4H3/t12-,13+/m1/s1. The highest BCUT2D eigenvalue weighted by molar-refractivity contribution is 5.81. The second-order valence-corrected chi connectivity index (χ2v) is 7.16. The van der Waals surface area contributed by atoms with Crippen LogP contribution in [0.3, 0.4) is 0 Å². The molecule has 0 bridgehead atoms. The van der Waals surface area contributed by atoms with Crippen LogP contribution >= 0.6 is 0 Å². The summed E-state index contributed by atoms with van der Waals surface area (Å²) in [7, 11) is 0. The predicted octanol–water partition coefficient (Wildman–Crippen LogP) is 2.02. The summed E-state index contributed by atoms with van der Waals surface area (Å²) in [6.45, 7) is 9.94. The molecule has 2 amide bonds. The van der Waals surface area contributed by atoms with E-state index < -0.39 is 5.60 Å². The summed E-state index contributed by atoms with van der Waals surface area (Å²) in [5.74, 6) is 0.0652. The fourth-order valence-electron chi connectivity index (χ4n) is 2.83. The van der Waals surface area contributed by atoms with Crippen molar-refractivity contribution in [3.05, 3.63) is 0 Å². The van der Waals surface area contributed by atoms with E-state index in [1.807, 2.05) is 32.6 Å². The zero-order valence-electron chi connectivity index (χ0n) is 14.1. The van der Waals surface area contributed by atoms with Gasteiger partial charge in [0, 0.05) is 26.2 Å². The molecule has 0 N–H and O–H groups in total. The minimum Gasteiger partial charge on any atom is -0.444 e. The summed E-state index contributed by atoms with van der Waals surface area (Å²) in [5, 5.41) is 0. The lowest BCUT2D eigenvalue weighted by Gasteiger charge is -2.27. The molecular weight excluding hydrogens is 284 g/mol. The van der Waals surface area contributed by atoms with E-state index in [4.69, 9.17) is 9.47 Å². The average molecular weight is 312 g/mol. The fraction of sp³-hybridized carbons (Fsp3) is 0.875. The van der Waals surface area contributed by atoms with Crippen molar-refractivity contribution in [2.75, 3.05) is 26.2 Å². The van der Waals surface area contributed by atoms with E-state index in [0.717, 1.165) is 19.3 Å². The summed E-state index contributed by atoms with van der Waals surface area (Å²) in [5.41, 5.74) is -0.493. The van der Waals surface area contributed by atoms with Crippen LogP contribution in [0.15, 0.2) is 0 Å². The van der Waals surface area contributed by atoms with Crippen LogP contribution in [0, 0.1) is 0 Å². The van der Waals surface area contributed by atoms with Crippen molar-refractivity contribution in [3.63, 3.8) is 0 Å². The van der Waals surface area contributed by atoms with E-state index in [-0.39, 0.29) is 24.2 Å². The monoisotopic (exact) mass is 312 g/mol. The molecule has 6 nitrogen and oxygen atoms in total. The van der Waals surface area contributed by atoms with Crippen LogP contribution in [-0.2, 0) is 14.3 Å². The maximum atomic E-state index is 12.5. The van der Waals surface area contributed by atoms with Gasteiger partial charge in [-0.2, -0.15) is 0 Å². The van der Waals surface area contributed by atoms with E-state index in [0.29, 0.717) is 26.2 Å². The molecule has 0 aromatic carbocycles. The molecule has 2 rings (SSSR count). The van der Waals surface area contributed by atoms with E-state index in [9.17, 15) is 9.59 Å². The maximum Gasteiger partial charge on any atom is 0.410 e. The number of hydrogen-bond acceptors (Lipinski definition) is 4. The molecule has 0 aromatic heterocycles. The molecule has 0 saturated carbocycles. The predicted molar refractivity (Wildman–Crippen MR) is 82.6 cm³/mol. The number of nitrogens with zero attached hydrogens (tertiary/aromatic N) is 2. The van der Waals surface area contributed by atoms with Crippen molar-refractivity contribution in [2.24, 2.45) is 0 Å². The van der Waals surface area contributed by atoms with Crippen molar-refractivity contribution >= 4 is 12.0 Å². The fourth-order valence-corrected chi connectivity index (χ4v) is 2.83. The first-order chi connectivity index (χ1) is 10.3. The highest BCUT2D eigenvalue weighted by atomic mass is 16.6. The van der Waals surface area contributed by atoms with Gasteiger partial charge < -0.3 is 19.3 Å². The van der Waals surface area contributed by atoms with Crippen molar-refractivity contribution in [1.29, 1.82) is 0 Å². The summed E-state index contributed by atoms with van der Waals surface area (Å²) in [4.78, 5) is 28.1. The van der Waals surface area contributed by atoms with Gasteiger partial charge in [0.25, 0.3) is 5.91 Å². The third-order valence-electron chi connectivity index (χ3n) is 3.97. The molecule has 6 heteroatoms. The third-order valence-corrected chi connectivity index (χ3v) is 3.97. The molecule has 0 unspecified atom stereocenters. The second-order valence-electron chi connectivity index (χ2n) is 7.16. The van der Waals surface area contributed by atoms with Gasteiger partial charge in [0.05, 0.1) is 6.10 Å². The average Bonchev–Trinajstić information content (AvgIpc) is 2.70. The Hall–Kier alpha value is -1.30. The Bertz CT molecular complexity index is 419. The Balaban J connectivity index is 1.87. The van der Waals surface area contributed by atoms with Gasteiger partial charge in [0.1, 0.15) is 11.7 Å². The smallest absolute Gasteiger partial charge is 0.410 e. The van der Waals surface area contributed by atoms with Crippen molar-refractivity contribution in [2.45, 2.75) is 64.8 Å². The first-order valence-electron chi connectivity index (χ1n) is 8.18. The summed E-state index contributed by atoms with van der Waals surface area (Å²) >= 11 is 0. The van der Waals surface area contributed by atoms with Crippen molar-refractivity contribution in [1.82, 2.24) is 9.80 Å². The van der Waals surface area contributed by atoms with E-state index in [1.54, 1.807) is 4.90 Å². The van der Waals surface area contributed by atoms with Gasteiger partial charge >= 0.3 is 6.09 Å². The molecule has 2 heterocycles. The van der Waals surface area contributed by atoms with Crippen LogP contribution in [0.1, 0.15) is 47.0 Å². The second kappa shape index (κ2) is 6.86. The van der Waals surface area contributed by atoms with Crippen LogP contribution < -0.4 is 0 Å². The lowest BCUT2D eigenvalue weighted by Crippen LogP contribution is -2.42. The molecule has 2 atom stereocenters. The maximum absolute atomic E-state index is 12.5. The molecule has 2 aliphatic rings. The van der Waals surface area contributed by atoms with Gasteiger partial charge in [-0.15, -0.1) is 0 Å². The SMILES string of the molecule is C[C@@H]1CC[C@@H](C(=O)N2CCCN(C(=O)OC(C)(C)C)CC2)O1. The number of carbonyl (C=O) groups is 2. The van der Waals surface area contributed by atoms with Crippen LogP contribution in [0.4, 0.5) is 4.79 Å². The Morgan fingerprint density at radius 1 is 1.05 bits per heavy atom. The van der Waals surface area contributed by atoms with Crippen LogP contribution in [0.2, 0.25) is 0 Å². The molecule has 2 saturated heterocycles. The Morgan fingerprint density at radius 3 is 2.27 bits per heavy atom. The van der Waals surface area contributed by atoms with Crippen molar-refractivity contribution < 1.29 is 19.1 Å². The van der Waals surface area contributed by atoms with Gasteiger partial charge in [-0.05, 0) is 47.0 Å². The zero-order chi connectivity index (χ0) is 16.3. The largest absolute Gasteiger partial charge is 0.444 e. The van der Waals surface area contributed by atoms with Gasteiger partial charge in [-0.1, -0.05) is 0 Å². The van der Waals surface area contributed by atoms with Gasteiger partial charge in [-0.25, -0.2) is 4.79 Å². The third kappa shape index (κ3) is 4.60. The minimum absolute atomic E-state index is 0.0652. The molecule has 2 fully saturated rings. The van der Waals surface area contributed by atoms with Crippen LogP contribution in [0.5, 0.6) is 0 Å². The van der Waals surface area contributed by atoms with Gasteiger partial charge in [0.2, 0.25) is 0 Å². The summed E-state index contributed by atoms with van der Waals surface area (Å²) in [6, 6.07) is 0. The van der Waals surface area contributed by atoms with E-state index in [2.05, 4.69) is 0 Å². The highest BCUT2D eigenvalue weighted by Gasteiger charge is 2.33. The number of ether oxygens (including phenoxy) is 2. The van der Waals surface area contributed by atoms with Crippen LogP contribution in [0.25, 0.3) is 0 Å². The Labute approximate surface area is 132 Å². The lowest BCUT2D eigenvalue weighted by molar-refractivity contribution is -0.142. The Morgan fingerprint density at radius 2 is 1.68 bits per heavy atom.